The highest BCUT2D eigenvalue weighted by atomic mass is 32.2. The highest BCUT2D eigenvalue weighted by Crippen LogP contribution is 2.62. The Labute approximate surface area is 314 Å². The Morgan fingerprint density at radius 3 is 2.28 bits per heavy atom. The van der Waals surface area contributed by atoms with Crippen LogP contribution < -0.4 is 14.9 Å². The number of amides is 1. The summed E-state index contributed by atoms with van der Waals surface area (Å²) in [5.74, 6) is 1.91. The summed E-state index contributed by atoms with van der Waals surface area (Å²) < 4.78 is 28.6. The number of piperidine rings is 1. The van der Waals surface area contributed by atoms with E-state index in [1.54, 1.807) is 12.1 Å². The maximum atomic E-state index is 13.2. The van der Waals surface area contributed by atoms with E-state index in [-0.39, 0.29) is 21.8 Å². The van der Waals surface area contributed by atoms with Crippen molar-refractivity contribution < 1.29 is 18.1 Å². The minimum absolute atomic E-state index is 0.203. The van der Waals surface area contributed by atoms with Gasteiger partial charge in [-0.15, -0.1) is 0 Å². The lowest BCUT2D eigenvalue weighted by Crippen LogP contribution is -2.62. The predicted molar refractivity (Wildman–Crippen MR) is 209 cm³/mol. The van der Waals surface area contributed by atoms with E-state index in [4.69, 9.17) is 0 Å². The molecule has 284 valence electrons. The number of nitro groups is 1. The van der Waals surface area contributed by atoms with Crippen LogP contribution in [0, 0.1) is 39.2 Å². The molecule has 2 N–H and O–H groups in total. The monoisotopic (exact) mass is 741 g/mol. The van der Waals surface area contributed by atoms with E-state index >= 15 is 0 Å². The molecule has 2 bridgehead atoms. The molecule has 4 atom stereocenters. The van der Waals surface area contributed by atoms with Crippen LogP contribution in [0.1, 0.15) is 94.5 Å². The van der Waals surface area contributed by atoms with Crippen LogP contribution in [0.3, 0.4) is 0 Å². The second kappa shape index (κ2) is 15.4. The molecule has 8 rings (SSSR count). The van der Waals surface area contributed by atoms with Gasteiger partial charge in [0.2, 0.25) is 0 Å². The number of hydrogen-bond donors (Lipinski definition) is 2. The Hall–Kier alpha value is -3.96. The molecular weight excluding hydrogens is 687 g/mol. The third-order valence-corrected chi connectivity index (χ3v) is 14.7. The Morgan fingerprint density at radius 2 is 1.64 bits per heavy atom. The number of nitrogens with one attached hydrogen (secondary N) is 2. The van der Waals surface area contributed by atoms with Crippen molar-refractivity contribution in [2.75, 3.05) is 29.9 Å². The zero-order valence-electron chi connectivity index (χ0n) is 31.4. The Kier molecular flexibility index (Phi) is 10.9. The van der Waals surface area contributed by atoms with Crippen molar-refractivity contribution in [3.63, 3.8) is 0 Å². The first-order valence-corrected chi connectivity index (χ1v) is 21.1. The number of carbonyl (C=O) groups excluding carboxylic acids is 1. The van der Waals surface area contributed by atoms with Gasteiger partial charge in [0, 0.05) is 55.6 Å². The molecule has 5 aliphatic rings. The fourth-order valence-corrected chi connectivity index (χ4v) is 11.0. The van der Waals surface area contributed by atoms with Gasteiger partial charge >= 0.3 is 0 Å². The van der Waals surface area contributed by atoms with E-state index in [9.17, 15) is 23.3 Å². The van der Waals surface area contributed by atoms with E-state index in [0.717, 1.165) is 81.7 Å². The number of hydrogen-bond acceptors (Lipinski definition) is 8. The molecule has 53 heavy (non-hydrogen) atoms. The van der Waals surface area contributed by atoms with Gasteiger partial charge in [-0.3, -0.25) is 19.8 Å². The van der Waals surface area contributed by atoms with Crippen molar-refractivity contribution in [1.82, 2.24) is 9.62 Å². The molecule has 11 heteroatoms. The van der Waals surface area contributed by atoms with Gasteiger partial charge in [0.15, 0.2) is 0 Å². The molecule has 0 unspecified atom stereocenters. The van der Waals surface area contributed by atoms with E-state index in [0.29, 0.717) is 35.9 Å². The zero-order valence-corrected chi connectivity index (χ0v) is 32.2. The SMILES string of the molecule is C[C@H]1[C@@H](N(Cc2ccccc2)C2CCN(c3ccc(C(=O)NS(=O)(=O)c4ccc(NCC5CCCCC5)c([N+](=O)[O-])c4)cc3)CC2)C[C@@H]2C[C@@H]1C2(C)C. The van der Waals surface area contributed by atoms with Crippen molar-refractivity contribution in [3.8, 4) is 0 Å². The van der Waals surface area contributed by atoms with Crippen LogP contribution in [0.25, 0.3) is 0 Å². The fraction of sp³-hybridized carbons (Fsp3) is 0.548. The lowest BCUT2D eigenvalue weighted by molar-refractivity contribution is -0.384. The van der Waals surface area contributed by atoms with Crippen molar-refractivity contribution in [2.45, 2.75) is 102 Å². The van der Waals surface area contributed by atoms with Crippen LogP contribution >= 0.6 is 0 Å². The van der Waals surface area contributed by atoms with Crippen LogP contribution in [0.15, 0.2) is 77.7 Å². The highest BCUT2D eigenvalue weighted by Gasteiger charge is 2.57. The standard InChI is InChI=1S/C42H55N5O5S/c1-29-37-24-33(42(37,2)3)25-39(29)46(28-31-12-8-5-9-13-31)35-20-22-45(23-21-35)34-16-14-32(15-17-34)41(48)44-53(51,52)36-18-19-38(40(26-36)47(49)50)43-27-30-10-6-4-7-11-30/h5,8-9,12-19,26,29-30,33,35,37,39,43H,4,6-7,10-11,20-25,27-28H2,1-3H3,(H,44,48)/t29-,33+,37+,39+/m1/s1. The number of rotatable bonds is 12. The molecular formula is C42H55N5O5S. The molecule has 10 nitrogen and oxygen atoms in total. The van der Waals surface area contributed by atoms with Gasteiger partial charge in [-0.1, -0.05) is 70.4 Å². The molecule has 1 saturated heterocycles. The lowest BCUT2D eigenvalue weighted by atomic mass is 9.44. The van der Waals surface area contributed by atoms with Crippen molar-refractivity contribution in [2.24, 2.45) is 29.1 Å². The van der Waals surface area contributed by atoms with Crippen LogP contribution in [0.5, 0.6) is 0 Å². The molecule has 1 heterocycles. The fourth-order valence-electron chi connectivity index (χ4n) is 10.0. The molecule has 1 amide bonds. The molecule has 0 spiro atoms. The average Bonchev–Trinajstić information content (AvgIpc) is 3.16. The van der Waals surface area contributed by atoms with Crippen molar-refractivity contribution >= 4 is 33.0 Å². The highest BCUT2D eigenvalue weighted by molar-refractivity contribution is 7.90. The molecule has 3 aromatic rings. The Morgan fingerprint density at radius 1 is 0.943 bits per heavy atom. The Balaban J connectivity index is 0.971. The number of nitrogens with zero attached hydrogens (tertiary/aromatic N) is 3. The second-order valence-corrected chi connectivity index (χ2v) is 18.4. The van der Waals surface area contributed by atoms with Gasteiger partial charge in [0.25, 0.3) is 21.6 Å². The predicted octanol–water partition coefficient (Wildman–Crippen LogP) is 8.25. The van der Waals surface area contributed by atoms with Crippen LogP contribution in [0.4, 0.5) is 17.1 Å². The summed E-state index contributed by atoms with van der Waals surface area (Å²) in [6.45, 7) is 10.8. The van der Waals surface area contributed by atoms with Gasteiger partial charge < -0.3 is 10.2 Å². The van der Waals surface area contributed by atoms with Gasteiger partial charge in [-0.25, -0.2) is 13.1 Å². The molecule has 5 fully saturated rings. The quantitative estimate of drug-likeness (QED) is 0.141. The molecule has 0 aromatic heterocycles. The maximum Gasteiger partial charge on any atom is 0.293 e. The van der Waals surface area contributed by atoms with Crippen LogP contribution in [0.2, 0.25) is 0 Å². The minimum Gasteiger partial charge on any atom is -0.379 e. The first-order valence-electron chi connectivity index (χ1n) is 19.6. The van der Waals surface area contributed by atoms with E-state index in [1.165, 1.54) is 37.0 Å². The van der Waals surface area contributed by atoms with Crippen molar-refractivity contribution in [3.05, 3.63) is 94.0 Å². The van der Waals surface area contributed by atoms with Gasteiger partial charge in [0.05, 0.1) is 9.82 Å². The summed E-state index contributed by atoms with van der Waals surface area (Å²) in [5.41, 5.74) is 2.96. The van der Waals surface area contributed by atoms with Crippen molar-refractivity contribution in [1.29, 1.82) is 0 Å². The van der Waals surface area contributed by atoms with Crippen LogP contribution in [-0.4, -0.2) is 55.9 Å². The average molecular weight is 742 g/mol. The summed E-state index contributed by atoms with van der Waals surface area (Å²) >= 11 is 0. The minimum atomic E-state index is -4.35. The summed E-state index contributed by atoms with van der Waals surface area (Å²) in [7, 11) is -4.35. The molecule has 3 aromatic carbocycles. The number of anilines is 2. The lowest BCUT2D eigenvalue weighted by Gasteiger charge is -2.64. The van der Waals surface area contributed by atoms with E-state index in [2.05, 4.69) is 70.9 Å². The topological polar surface area (TPSA) is 125 Å². The molecule has 1 aliphatic heterocycles. The largest absolute Gasteiger partial charge is 0.379 e. The second-order valence-electron chi connectivity index (χ2n) is 16.7. The van der Waals surface area contributed by atoms with Gasteiger partial charge in [-0.2, -0.15) is 0 Å². The molecule has 4 saturated carbocycles. The summed E-state index contributed by atoms with van der Waals surface area (Å²) in [6.07, 6.45) is 10.4. The number of carbonyl (C=O) groups is 1. The van der Waals surface area contributed by atoms with E-state index in [1.807, 2.05) is 12.1 Å². The zero-order chi connectivity index (χ0) is 37.3. The third-order valence-electron chi connectivity index (χ3n) is 13.4. The summed E-state index contributed by atoms with van der Waals surface area (Å²) in [4.78, 5) is 29.3. The number of sulfonamides is 1. The number of nitro benzene ring substituents is 1. The van der Waals surface area contributed by atoms with Crippen LogP contribution in [-0.2, 0) is 16.6 Å². The van der Waals surface area contributed by atoms with Gasteiger partial charge in [0.1, 0.15) is 5.69 Å². The third kappa shape index (κ3) is 7.97. The summed E-state index contributed by atoms with van der Waals surface area (Å²) in [5, 5.41) is 15.0. The normalized spacial score (nSPS) is 24.7. The van der Waals surface area contributed by atoms with E-state index < -0.39 is 20.9 Å². The number of benzene rings is 3. The molecule has 0 radical (unpaired) electrons. The maximum absolute atomic E-state index is 13.2. The van der Waals surface area contributed by atoms with Gasteiger partial charge in [-0.05, 0) is 110 Å². The first-order chi connectivity index (χ1) is 25.4. The molecule has 4 aliphatic carbocycles. The first kappa shape index (κ1) is 37.4. The Bertz CT molecular complexity index is 1870. The number of fused-ring (bicyclic) bond motifs is 2. The summed E-state index contributed by atoms with van der Waals surface area (Å²) in [6, 6.07) is 22.7. The smallest absolute Gasteiger partial charge is 0.293 e.